The van der Waals surface area contributed by atoms with Crippen molar-refractivity contribution in [3.05, 3.63) is 23.1 Å². The van der Waals surface area contributed by atoms with E-state index in [0.29, 0.717) is 11.5 Å². The van der Waals surface area contributed by atoms with Crippen LogP contribution in [0.5, 0.6) is 0 Å². The number of alkyl halides is 3. The Hall–Kier alpha value is -1.50. The summed E-state index contributed by atoms with van der Waals surface area (Å²) in [4.78, 5) is 0.919. The molecule has 2 unspecified atom stereocenters. The lowest BCUT2D eigenvalue weighted by Gasteiger charge is -2.31. The maximum atomic E-state index is 13.1. The van der Waals surface area contributed by atoms with Crippen LogP contribution in [0.1, 0.15) is 24.9 Å². The van der Waals surface area contributed by atoms with Gasteiger partial charge in [-0.3, -0.25) is 0 Å². The first-order valence-electron chi connectivity index (χ1n) is 6.33. The van der Waals surface area contributed by atoms with Gasteiger partial charge in [-0.2, -0.15) is 18.3 Å². The lowest BCUT2D eigenvalue weighted by atomic mass is 10.1. The third kappa shape index (κ3) is 2.19. The zero-order chi connectivity index (χ0) is 14.5. The SMILES string of the molecule is Cc1ccsc1-c1cc2n(n1)C(C(F)(F)F)CC(C)N2. The zero-order valence-electron chi connectivity index (χ0n) is 11.0. The van der Waals surface area contributed by atoms with Crippen LogP contribution < -0.4 is 5.32 Å². The van der Waals surface area contributed by atoms with Crippen LogP contribution in [0.25, 0.3) is 10.6 Å². The summed E-state index contributed by atoms with van der Waals surface area (Å²) in [5.74, 6) is 0.439. The minimum absolute atomic E-state index is 0.00103. The molecule has 1 aliphatic heterocycles. The van der Waals surface area contributed by atoms with Gasteiger partial charge in [-0.1, -0.05) is 0 Å². The summed E-state index contributed by atoms with van der Waals surface area (Å²) in [5, 5.41) is 9.17. The van der Waals surface area contributed by atoms with Crippen molar-refractivity contribution in [3.63, 3.8) is 0 Å². The highest BCUT2D eigenvalue weighted by atomic mass is 32.1. The number of thiophene rings is 1. The Morgan fingerprint density at radius 2 is 2.20 bits per heavy atom. The van der Waals surface area contributed by atoms with Crippen LogP contribution in [-0.4, -0.2) is 22.0 Å². The van der Waals surface area contributed by atoms with E-state index in [1.807, 2.05) is 18.4 Å². The lowest BCUT2D eigenvalue weighted by molar-refractivity contribution is -0.173. The first-order chi connectivity index (χ1) is 9.36. The third-order valence-electron chi connectivity index (χ3n) is 3.47. The van der Waals surface area contributed by atoms with Crippen LogP contribution in [0, 0.1) is 6.92 Å². The molecule has 2 aromatic rings. The van der Waals surface area contributed by atoms with Gasteiger partial charge in [-0.05, 0) is 37.3 Å². The van der Waals surface area contributed by atoms with E-state index in [0.717, 1.165) is 15.1 Å². The summed E-state index contributed by atoms with van der Waals surface area (Å²) >= 11 is 1.49. The fourth-order valence-electron chi connectivity index (χ4n) is 2.50. The van der Waals surface area contributed by atoms with Gasteiger partial charge in [0.1, 0.15) is 11.5 Å². The van der Waals surface area contributed by atoms with E-state index in [1.54, 1.807) is 13.0 Å². The Morgan fingerprint density at radius 1 is 1.45 bits per heavy atom. The predicted molar refractivity (Wildman–Crippen MR) is 73.1 cm³/mol. The molecule has 0 saturated carbocycles. The van der Waals surface area contributed by atoms with Crippen molar-refractivity contribution in [3.8, 4) is 10.6 Å². The van der Waals surface area contributed by atoms with Crippen molar-refractivity contribution in [2.45, 2.75) is 38.5 Å². The van der Waals surface area contributed by atoms with Gasteiger partial charge in [0.15, 0.2) is 6.04 Å². The molecule has 1 N–H and O–H groups in total. The molecular formula is C13H14F3N3S. The number of fused-ring (bicyclic) bond motifs is 1. The molecule has 3 nitrogen and oxygen atoms in total. The van der Waals surface area contributed by atoms with E-state index in [1.165, 1.54) is 11.3 Å². The molecule has 7 heteroatoms. The van der Waals surface area contributed by atoms with Crippen molar-refractivity contribution in [1.82, 2.24) is 9.78 Å². The molecule has 3 rings (SSSR count). The average molecular weight is 301 g/mol. The summed E-state index contributed by atoms with van der Waals surface area (Å²) in [6.07, 6.45) is -4.28. The van der Waals surface area contributed by atoms with Crippen LogP contribution in [0.15, 0.2) is 17.5 Å². The standard InChI is InChI=1S/C13H14F3N3S/c1-7-3-4-20-12(7)9-6-11-17-8(2)5-10(13(14,15)16)19(11)18-9/h3-4,6,8,10,17H,5H2,1-2H3. The average Bonchev–Trinajstić information content (AvgIpc) is 2.91. The minimum Gasteiger partial charge on any atom is -0.368 e. The summed E-state index contributed by atoms with van der Waals surface area (Å²) in [5.41, 5.74) is 1.63. The number of aromatic nitrogens is 2. The number of hydrogen-bond donors (Lipinski definition) is 1. The van der Waals surface area contributed by atoms with Crippen LogP contribution in [0.3, 0.4) is 0 Å². The molecule has 3 heterocycles. The second-order valence-electron chi connectivity index (χ2n) is 5.13. The summed E-state index contributed by atoms with van der Waals surface area (Å²) in [6.45, 7) is 3.69. The Bertz CT molecular complexity index is 629. The molecule has 1 aliphatic rings. The fraction of sp³-hybridized carbons (Fsp3) is 0.462. The Morgan fingerprint density at radius 3 is 2.80 bits per heavy atom. The first kappa shape index (κ1) is 13.5. The molecule has 0 saturated heterocycles. The van der Waals surface area contributed by atoms with E-state index in [-0.39, 0.29) is 12.5 Å². The second-order valence-corrected chi connectivity index (χ2v) is 6.05. The van der Waals surface area contributed by atoms with Gasteiger partial charge in [0, 0.05) is 12.1 Å². The van der Waals surface area contributed by atoms with Crippen molar-refractivity contribution in [1.29, 1.82) is 0 Å². The summed E-state index contributed by atoms with van der Waals surface area (Å²) in [7, 11) is 0. The van der Waals surface area contributed by atoms with Crippen molar-refractivity contribution < 1.29 is 13.2 Å². The summed E-state index contributed by atoms with van der Waals surface area (Å²) in [6, 6.07) is 1.87. The predicted octanol–water partition coefficient (Wildman–Crippen LogP) is 4.23. The molecule has 0 radical (unpaired) electrons. The molecule has 0 amide bonds. The number of nitrogens with zero attached hydrogens (tertiary/aromatic N) is 2. The quantitative estimate of drug-likeness (QED) is 0.854. The molecule has 20 heavy (non-hydrogen) atoms. The highest BCUT2D eigenvalue weighted by molar-refractivity contribution is 7.13. The zero-order valence-corrected chi connectivity index (χ0v) is 11.8. The van der Waals surface area contributed by atoms with Crippen molar-refractivity contribution >= 4 is 17.2 Å². The van der Waals surface area contributed by atoms with E-state index in [4.69, 9.17) is 0 Å². The molecule has 0 bridgehead atoms. The van der Waals surface area contributed by atoms with Gasteiger partial charge in [0.2, 0.25) is 0 Å². The number of halogens is 3. The number of nitrogens with one attached hydrogen (secondary N) is 1. The Balaban J connectivity index is 2.07. The Labute approximate surface area is 118 Å². The summed E-state index contributed by atoms with van der Waals surface area (Å²) < 4.78 is 40.5. The molecular weight excluding hydrogens is 287 g/mol. The smallest absolute Gasteiger partial charge is 0.368 e. The van der Waals surface area contributed by atoms with Crippen LogP contribution >= 0.6 is 11.3 Å². The van der Waals surface area contributed by atoms with Gasteiger partial charge in [-0.15, -0.1) is 11.3 Å². The van der Waals surface area contributed by atoms with Crippen molar-refractivity contribution in [2.75, 3.05) is 5.32 Å². The first-order valence-corrected chi connectivity index (χ1v) is 7.21. The number of aryl methyl sites for hydroxylation is 1. The minimum atomic E-state index is -4.28. The highest BCUT2D eigenvalue weighted by Crippen LogP contribution is 2.41. The largest absolute Gasteiger partial charge is 0.410 e. The number of hydrogen-bond acceptors (Lipinski definition) is 3. The maximum Gasteiger partial charge on any atom is 0.410 e. The lowest BCUT2D eigenvalue weighted by Crippen LogP contribution is -2.37. The third-order valence-corrected chi connectivity index (χ3v) is 4.51. The molecule has 0 aliphatic carbocycles. The van der Waals surface area contributed by atoms with Gasteiger partial charge in [-0.25, -0.2) is 4.68 Å². The van der Waals surface area contributed by atoms with Gasteiger partial charge in [0.05, 0.1) is 4.88 Å². The van der Waals surface area contributed by atoms with Gasteiger partial charge >= 0.3 is 6.18 Å². The maximum absolute atomic E-state index is 13.1. The van der Waals surface area contributed by atoms with Gasteiger partial charge < -0.3 is 5.32 Å². The molecule has 108 valence electrons. The molecule has 2 aromatic heterocycles. The van der Waals surface area contributed by atoms with E-state index in [9.17, 15) is 13.2 Å². The number of rotatable bonds is 1. The van der Waals surface area contributed by atoms with Crippen LogP contribution in [0.4, 0.5) is 19.0 Å². The molecule has 0 spiro atoms. The topological polar surface area (TPSA) is 29.9 Å². The molecule has 0 aromatic carbocycles. The normalized spacial score (nSPS) is 22.4. The second kappa shape index (κ2) is 4.51. The molecule has 0 fully saturated rings. The van der Waals surface area contributed by atoms with E-state index < -0.39 is 12.2 Å². The van der Waals surface area contributed by atoms with Crippen molar-refractivity contribution in [2.24, 2.45) is 0 Å². The van der Waals surface area contributed by atoms with Crippen LogP contribution in [0.2, 0.25) is 0 Å². The fourth-order valence-corrected chi connectivity index (χ4v) is 3.39. The molecule has 2 atom stereocenters. The van der Waals surface area contributed by atoms with E-state index in [2.05, 4.69) is 10.4 Å². The Kier molecular flexibility index (Phi) is 3.04. The van der Waals surface area contributed by atoms with Crippen LogP contribution in [-0.2, 0) is 0 Å². The van der Waals surface area contributed by atoms with E-state index >= 15 is 0 Å². The van der Waals surface area contributed by atoms with Gasteiger partial charge in [0.25, 0.3) is 0 Å². The monoisotopic (exact) mass is 301 g/mol. The highest BCUT2D eigenvalue weighted by Gasteiger charge is 2.45. The number of anilines is 1.